The molecule has 0 radical (unpaired) electrons. The van der Waals surface area contributed by atoms with Gasteiger partial charge in [0.05, 0.1) is 11.4 Å². The predicted molar refractivity (Wildman–Crippen MR) is 96.6 cm³/mol. The zero-order valence-corrected chi connectivity index (χ0v) is 14.3. The third-order valence-electron chi connectivity index (χ3n) is 3.63. The topological polar surface area (TPSA) is 49.4 Å². The van der Waals surface area contributed by atoms with Gasteiger partial charge in [0, 0.05) is 28.9 Å². The van der Waals surface area contributed by atoms with Crippen LogP contribution in [0.4, 0.5) is 16.2 Å². The monoisotopic (exact) mass is 330 g/mol. The van der Waals surface area contributed by atoms with Crippen LogP contribution in [0, 0.1) is 0 Å². The number of hydrogen-bond donors (Lipinski definition) is 1. The maximum Gasteiger partial charge on any atom is 0.326 e. The van der Waals surface area contributed by atoms with Crippen molar-refractivity contribution in [3.8, 4) is 0 Å². The first-order valence-electron chi connectivity index (χ1n) is 7.60. The molecular weight excluding hydrogens is 308 g/mol. The quantitative estimate of drug-likeness (QED) is 0.878. The number of rotatable bonds is 6. The van der Waals surface area contributed by atoms with Crippen molar-refractivity contribution in [1.29, 1.82) is 0 Å². The van der Waals surface area contributed by atoms with E-state index in [0.29, 0.717) is 13.0 Å². The van der Waals surface area contributed by atoms with Gasteiger partial charge in [0.2, 0.25) is 0 Å². The number of carbonyl (C=O) groups is 1. The third-order valence-corrected chi connectivity index (χ3v) is 4.99. The van der Waals surface area contributed by atoms with Crippen LogP contribution >= 0.6 is 0 Å². The maximum absolute atomic E-state index is 12.6. The maximum atomic E-state index is 12.6. The first-order chi connectivity index (χ1) is 11.1. The average molecular weight is 330 g/mol. The average Bonchev–Trinajstić information content (AvgIpc) is 2.57. The summed E-state index contributed by atoms with van der Waals surface area (Å²) < 4.78 is 11.4. The highest BCUT2D eigenvalue weighted by molar-refractivity contribution is 7.84. The molecule has 2 aromatic carbocycles. The van der Waals surface area contributed by atoms with E-state index in [2.05, 4.69) is 5.32 Å². The number of carbonyl (C=O) groups excluding carboxylic acids is 1. The van der Waals surface area contributed by atoms with Gasteiger partial charge in [0.1, 0.15) is 0 Å². The minimum absolute atomic E-state index is 0.0669. The van der Waals surface area contributed by atoms with Gasteiger partial charge in [0.25, 0.3) is 0 Å². The molecule has 0 heterocycles. The molecule has 0 bridgehead atoms. The fourth-order valence-corrected chi connectivity index (χ4v) is 2.61. The molecule has 2 amide bonds. The van der Waals surface area contributed by atoms with Crippen molar-refractivity contribution >= 4 is 28.2 Å². The molecule has 1 N–H and O–H groups in total. The summed E-state index contributed by atoms with van der Waals surface area (Å²) in [5.74, 6) is 0. The Hall–Kier alpha value is -2.14. The van der Waals surface area contributed by atoms with Crippen LogP contribution in [0.3, 0.4) is 0 Å². The zero-order chi connectivity index (χ0) is 16.7. The molecule has 4 nitrogen and oxygen atoms in total. The van der Waals surface area contributed by atoms with E-state index < -0.39 is 10.8 Å². The molecule has 5 heteroatoms. The summed E-state index contributed by atoms with van der Waals surface area (Å²) in [5.41, 5.74) is 1.62. The van der Waals surface area contributed by atoms with Gasteiger partial charge in [-0.1, -0.05) is 43.3 Å². The predicted octanol–water partition coefficient (Wildman–Crippen LogP) is 3.69. The van der Waals surface area contributed by atoms with Gasteiger partial charge in [0.15, 0.2) is 0 Å². The van der Waals surface area contributed by atoms with Crippen molar-refractivity contribution in [2.45, 2.75) is 18.6 Å². The minimum atomic E-state index is -0.873. The van der Waals surface area contributed by atoms with Gasteiger partial charge < -0.3 is 5.32 Å². The molecule has 0 fully saturated rings. The van der Waals surface area contributed by atoms with Gasteiger partial charge in [-0.25, -0.2) is 4.79 Å². The molecule has 2 aromatic rings. The first-order valence-corrected chi connectivity index (χ1v) is 9.22. The Bertz CT molecular complexity index is 607. The largest absolute Gasteiger partial charge is 0.337 e. The minimum Gasteiger partial charge on any atom is -0.337 e. The summed E-state index contributed by atoms with van der Waals surface area (Å²) in [6, 6.07) is 18.9. The molecule has 122 valence electrons. The Labute approximate surface area is 140 Å². The second-order valence-electron chi connectivity index (χ2n) is 5.34. The number of benzene rings is 2. The lowest BCUT2D eigenvalue weighted by atomic mass is 10.2. The molecule has 0 aliphatic carbocycles. The molecule has 2 atom stereocenters. The van der Waals surface area contributed by atoms with E-state index in [1.807, 2.05) is 67.6 Å². The van der Waals surface area contributed by atoms with E-state index >= 15 is 0 Å². The summed E-state index contributed by atoms with van der Waals surface area (Å²) in [7, 11) is -0.873. The summed E-state index contributed by atoms with van der Waals surface area (Å²) >= 11 is 0. The number of nitrogens with zero attached hydrogens (tertiary/aromatic N) is 1. The molecule has 0 spiro atoms. The van der Waals surface area contributed by atoms with Crippen LogP contribution in [0.25, 0.3) is 0 Å². The summed E-state index contributed by atoms with van der Waals surface area (Å²) in [6.45, 7) is 2.42. The third kappa shape index (κ3) is 4.93. The fourth-order valence-electron chi connectivity index (χ4n) is 2.17. The normalized spacial score (nSPS) is 13.1. The van der Waals surface area contributed by atoms with Crippen molar-refractivity contribution in [2.24, 2.45) is 0 Å². The standard InChI is InChI=1S/C18H22N2O2S/c1-15(23(2)22)13-14-19-18(21)20(16-9-5-3-6-10-16)17-11-7-4-8-12-17/h3-12,15H,13-14H2,1-2H3,(H,19,21)/t15-,23-/m0/s1. The lowest BCUT2D eigenvalue weighted by molar-refractivity contribution is 0.248. The van der Waals surface area contributed by atoms with Crippen LogP contribution in [0.2, 0.25) is 0 Å². The number of anilines is 2. The lowest BCUT2D eigenvalue weighted by Crippen LogP contribution is -2.38. The molecule has 23 heavy (non-hydrogen) atoms. The van der Waals surface area contributed by atoms with Gasteiger partial charge in [-0.2, -0.15) is 0 Å². The van der Waals surface area contributed by atoms with Crippen molar-refractivity contribution < 1.29 is 9.00 Å². The van der Waals surface area contributed by atoms with E-state index in [-0.39, 0.29) is 11.3 Å². The van der Waals surface area contributed by atoms with Gasteiger partial charge in [-0.15, -0.1) is 0 Å². The number of para-hydroxylation sites is 2. The van der Waals surface area contributed by atoms with Crippen LogP contribution in [0.15, 0.2) is 60.7 Å². The number of amides is 2. The van der Waals surface area contributed by atoms with Crippen molar-refractivity contribution in [1.82, 2.24) is 5.32 Å². The van der Waals surface area contributed by atoms with E-state index in [4.69, 9.17) is 0 Å². The smallest absolute Gasteiger partial charge is 0.326 e. The molecule has 0 saturated carbocycles. The number of urea groups is 1. The second-order valence-corrected chi connectivity index (χ2v) is 7.14. The number of hydrogen-bond acceptors (Lipinski definition) is 2. The van der Waals surface area contributed by atoms with Crippen molar-refractivity contribution in [2.75, 3.05) is 17.7 Å². The van der Waals surface area contributed by atoms with Crippen molar-refractivity contribution in [3.05, 3.63) is 60.7 Å². The SMILES string of the molecule is C[C@@H](CCNC(=O)N(c1ccccc1)c1ccccc1)[S@](C)=O. The van der Waals surface area contributed by atoms with Gasteiger partial charge in [-0.05, 0) is 30.7 Å². The first kappa shape index (κ1) is 17.2. The van der Waals surface area contributed by atoms with Crippen LogP contribution in [0.5, 0.6) is 0 Å². The highest BCUT2D eigenvalue weighted by Crippen LogP contribution is 2.24. The van der Waals surface area contributed by atoms with Crippen LogP contribution in [0.1, 0.15) is 13.3 Å². The number of nitrogens with one attached hydrogen (secondary N) is 1. The molecule has 0 saturated heterocycles. The van der Waals surface area contributed by atoms with Crippen LogP contribution in [-0.2, 0) is 10.8 Å². The Kier molecular flexibility index (Phi) is 6.35. The Morgan fingerprint density at radius 1 is 1.04 bits per heavy atom. The lowest BCUT2D eigenvalue weighted by Gasteiger charge is -2.23. The second kappa shape index (κ2) is 8.48. The summed E-state index contributed by atoms with van der Waals surface area (Å²) in [6.07, 6.45) is 2.37. The molecule has 0 aliphatic heterocycles. The zero-order valence-electron chi connectivity index (χ0n) is 13.4. The van der Waals surface area contributed by atoms with Gasteiger partial charge in [-0.3, -0.25) is 9.11 Å². The highest BCUT2D eigenvalue weighted by Gasteiger charge is 2.17. The highest BCUT2D eigenvalue weighted by atomic mass is 32.2. The van der Waals surface area contributed by atoms with E-state index in [1.165, 1.54) is 0 Å². The Morgan fingerprint density at radius 3 is 1.96 bits per heavy atom. The van der Waals surface area contributed by atoms with E-state index in [0.717, 1.165) is 11.4 Å². The van der Waals surface area contributed by atoms with E-state index in [1.54, 1.807) is 11.2 Å². The van der Waals surface area contributed by atoms with Crippen LogP contribution < -0.4 is 10.2 Å². The molecule has 0 aromatic heterocycles. The van der Waals surface area contributed by atoms with Crippen LogP contribution in [-0.4, -0.2) is 28.3 Å². The summed E-state index contributed by atoms with van der Waals surface area (Å²) in [4.78, 5) is 14.3. The Morgan fingerprint density at radius 2 is 1.52 bits per heavy atom. The molecule has 0 aliphatic rings. The van der Waals surface area contributed by atoms with E-state index in [9.17, 15) is 9.00 Å². The summed E-state index contributed by atoms with van der Waals surface area (Å²) in [5, 5.41) is 2.98. The molecule has 2 rings (SSSR count). The fraction of sp³-hybridized carbons (Fsp3) is 0.278. The van der Waals surface area contributed by atoms with Gasteiger partial charge >= 0.3 is 6.03 Å². The molecular formula is C18H22N2O2S. The Balaban J connectivity index is 2.12. The van der Waals surface area contributed by atoms with Crippen molar-refractivity contribution in [3.63, 3.8) is 0 Å². The molecule has 0 unspecified atom stereocenters.